The van der Waals surface area contributed by atoms with Crippen LogP contribution in [0.15, 0.2) is 59.7 Å². The van der Waals surface area contributed by atoms with Crippen molar-refractivity contribution in [2.45, 2.75) is 19.3 Å². The van der Waals surface area contributed by atoms with Crippen molar-refractivity contribution in [2.75, 3.05) is 0 Å². The van der Waals surface area contributed by atoms with Gasteiger partial charge in [-0.1, -0.05) is 48.5 Å². The summed E-state index contributed by atoms with van der Waals surface area (Å²) >= 11 is 0. The lowest BCUT2D eigenvalue weighted by atomic mass is 9.84. The largest absolute Gasteiger partial charge is 0.295 e. The van der Waals surface area contributed by atoms with Gasteiger partial charge < -0.3 is 0 Å². The summed E-state index contributed by atoms with van der Waals surface area (Å²) in [5.74, 6) is -0.0154. The SMILES string of the molecule is CC(=O)C1=C(C(C)=O)C12c1ccccc1-c1ccccc12. The molecule has 0 bridgehead atoms. The van der Waals surface area contributed by atoms with Crippen molar-refractivity contribution < 1.29 is 9.59 Å². The van der Waals surface area contributed by atoms with Gasteiger partial charge >= 0.3 is 0 Å². The van der Waals surface area contributed by atoms with Crippen LogP contribution in [0.25, 0.3) is 11.1 Å². The van der Waals surface area contributed by atoms with E-state index in [0.717, 1.165) is 22.3 Å². The maximum atomic E-state index is 12.1. The lowest BCUT2D eigenvalue weighted by Crippen LogP contribution is -2.16. The number of fused-ring (bicyclic) bond motifs is 5. The zero-order valence-corrected chi connectivity index (χ0v) is 11.9. The lowest BCUT2D eigenvalue weighted by molar-refractivity contribution is -0.114. The monoisotopic (exact) mass is 274 g/mol. The van der Waals surface area contributed by atoms with E-state index >= 15 is 0 Å². The molecule has 2 aliphatic carbocycles. The number of benzene rings is 2. The molecular formula is C19H14O2. The van der Waals surface area contributed by atoms with Gasteiger partial charge in [0.25, 0.3) is 0 Å². The van der Waals surface area contributed by atoms with Crippen LogP contribution in [-0.4, -0.2) is 11.6 Å². The molecule has 2 aliphatic rings. The van der Waals surface area contributed by atoms with Gasteiger partial charge in [-0.2, -0.15) is 0 Å². The number of ketones is 2. The molecule has 0 amide bonds. The Kier molecular flexibility index (Phi) is 2.22. The van der Waals surface area contributed by atoms with Crippen LogP contribution >= 0.6 is 0 Å². The lowest BCUT2D eigenvalue weighted by Gasteiger charge is -2.15. The molecule has 2 nitrogen and oxygen atoms in total. The Labute approximate surface area is 123 Å². The van der Waals surface area contributed by atoms with Gasteiger partial charge in [0, 0.05) is 11.1 Å². The number of hydrogen-bond acceptors (Lipinski definition) is 2. The topological polar surface area (TPSA) is 34.1 Å². The molecule has 0 fully saturated rings. The maximum absolute atomic E-state index is 12.1. The van der Waals surface area contributed by atoms with E-state index in [-0.39, 0.29) is 11.6 Å². The molecule has 0 unspecified atom stereocenters. The number of allylic oxidation sites excluding steroid dienone is 2. The number of hydrogen-bond donors (Lipinski definition) is 0. The highest BCUT2D eigenvalue weighted by molar-refractivity contribution is 6.21. The van der Waals surface area contributed by atoms with E-state index < -0.39 is 5.41 Å². The summed E-state index contributed by atoms with van der Waals surface area (Å²) in [5, 5.41) is 0. The molecule has 0 aromatic heterocycles. The van der Waals surface area contributed by atoms with Gasteiger partial charge in [-0.15, -0.1) is 0 Å². The Balaban J connectivity index is 2.08. The number of Topliss-reactive ketones (excluding diaryl/α,β-unsaturated/α-hetero) is 2. The van der Waals surface area contributed by atoms with Crippen molar-refractivity contribution in [3.05, 3.63) is 70.8 Å². The normalized spacial score (nSPS) is 16.7. The Morgan fingerprint density at radius 1 is 0.714 bits per heavy atom. The third kappa shape index (κ3) is 1.28. The molecule has 0 aliphatic heterocycles. The van der Waals surface area contributed by atoms with E-state index in [1.165, 1.54) is 0 Å². The Morgan fingerprint density at radius 3 is 1.48 bits per heavy atom. The highest BCUT2D eigenvalue weighted by atomic mass is 16.1. The van der Waals surface area contributed by atoms with E-state index in [0.29, 0.717) is 11.1 Å². The number of carbonyl (C=O) groups is 2. The number of carbonyl (C=O) groups excluding carboxylic acids is 2. The summed E-state index contributed by atoms with van der Waals surface area (Å²) in [7, 11) is 0. The molecule has 1 spiro atoms. The molecule has 2 aromatic rings. The summed E-state index contributed by atoms with van der Waals surface area (Å²) < 4.78 is 0. The van der Waals surface area contributed by atoms with Gasteiger partial charge in [0.2, 0.25) is 0 Å². The molecule has 0 radical (unpaired) electrons. The predicted molar refractivity (Wildman–Crippen MR) is 81.0 cm³/mol. The second kappa shape index (κ2) is 3.79. The zero-order valence-electron chi connectivity index (χ0n) is 11.9. The molecule has 0 saturated heterocycles. The summed E-state index contributed by atoms with van der Waals surface area (Å²) in [5.41, 5.74) is 5.17. The summed E-state index contributed by atoms with van der Waals surface area (Å²) in [6, 6.07) is 16.1. The van der Waals surface area contributed by atoms with E-state index in [2.05, 4.69) is 12.1 Å². The minimum absolute atomic E-state index is 0.00768. The minimum Gasteiger partial charge on any atom is -0.295 e. The van der Waals surface area contributed by atoms with Crippen molar-refractivity contribution >= 4 is 11.6 Å². The van der Waals surface area contributed by atoms with Crippen LogP contribution in [0, 0.1) is 0 Å². The average Bonchev–Trinajstić information content (AvgIpc) is 3.11. The quantitative estimate of drug-likeness (QED) is 0.840. The zero-order chi connectivity index (χ0) is 14.8. The van der Waals surface area contributed by atoms with Gasteiger partial charge in [0.05, 0.1) is 5.41 Å². The maximum Gasteiger partial charge on any atom is 0.157 e. The molecule has 4 rings (SSSR count). The first-order chi connectivity index (χ1) is 10.1. The van der Waals surface area contributed by atoms with E-state index in [9.17, 15) is 9.59 Å². The van der Waals surface area contributed by atoms with Crippen molar-refractivity contribution in [1.29, 1.82) is 0 Å². The van der Waals surface area contributed by atoms with Crippen molar-refractivity contribution in [3.63, 3.8) is 0 Å². The van der Waals surface area contributed by atoms with Crippen LogP contribution in [0.3, 0.4) is 0 Å². The molecule has 2 heteroatoms. The molecule has 0 N–H and O–H groups in total. The van der Waals surface area contributed by atoms with E-state index in [1.54, 1.807) is 13.8 Å². The summed E-state index contributed by atoms with van der Waals surface area (Å²) in [6.45, 7) is 3.10. The van der Waals surface area contributed by atoms with E-state index in [4.69, 9.17) is 0 Å². The predicted octanol–water partition coefficient (Wildman–Crippen LogP) is 3.44. The first-order valence-corrected chi connectivity index (χ1v) is 7.06. The van der Waals surface area contributed by atoms with Crippen molar-refractivity contribution in [1.82, 2.24) is 0 Å². The summed E-state index contributed by atoms with van der Waals surface area (Å²) in [6.07, 6.45) is 0. The summed E-state index contributed by atoms with van der Waals surface area (Å²) in [4.78, 5) is 24.2. The average molecular weight is 274 g/mol. The molecule has 0 heterocycles. The standard InChI is InChI=1S/C19H14O2/c1-11(20)17-18(12(2)21)19(17)15-9-5-3-7-13(15)14-8-4-6-10-16(14)19/h3-10H,1-2H3. The fraction of sp³-hybridized carbons (Fsp3) is 0.158. The second-order valence-electron chi connectivity index (χ2n) is 5.70. The molecule has 2 aromatic carbocycles. The van der Waals surface area contributed by atoms with Crippen LogP contribution in [0.4, 0.5) is 0 Å². The fourth-order valence-electron chi connectivity index (χ4n) is 3.94. The van der Waals surface area contributed by atoms with Crippen LogP contribution in [0.2, 0.25) is 0 Å². The molecule has 21 heavy (non-hydrogen) atoms. The fourth-order valence-corrected chi connectivity index (χ4v) is 3.94. The van der Waals surface area contributed by atoms with Crippen molar-refractivity contribution in [2.24, 2.45) is 0 Å². The van der Waals surface area contributed by atoms with Gasteiger partial charge in [-0.25, -0.2) is 0 Å². The van der Waals surface area contributed by atoms with Crippen molar-refractivity contribution in [3.8, 4) is 11.1 Å². The first kappa shape index (κ1) is 12.3. The first-order valence-electron chi connectivity index (χ1n) is 7.06. The highest BCUT2D eigenvalue weighted by Crippen LogP contribution is 2.66. The third-order valence-corrected chi connectivity index (χ3v) is 4.59. The van der Waals surface area contributed by atoms with Crippen LogP contribution < -0.4 is 0 Å². The molecule has 102 valence electrons. The Hall–Kier alpha value is -2.48. The van der Waals surface area contributed by atoms with Crippen LogP contribution in [0.1, 0.15) is 25.0 Å². The van der Waals surface area contributed by atoms with E-state index in [1.807, 2.05) is 36.4 Å². The van der Waals surface area contributed by atoms with Crippen LogP contribution in [0.5, 0.6) is 0 Å². The second-order valence-corrected chi connectivity index (χ2v) is 5.70. The molecule has 0 saturated carbocycles. The minimum atomic E-state index is -0.579. The Bertz CT molecular complexity index is 784. The molecular weight excluding hydrogens is 260 g/mol. The van der Waals surface area contributed by atoms with Gasteiger partial charge in [0.15, 0.2) is 11.6 Å². The smallest absolute Gasteiger partial charge is 0.157 e. The number of rotatable bonds is 2. The van der Waals surface area contributed by atoms with Crippen LogP contribution in [-0.2, 0) is 15.0 Å². The third-order valence-electron chi connectivity index (χ3n) is 4.59. The van der Waals surface area contributed by atoms with Gasteiger partial charge in [-0.05, 0) is 36.1 Å². The molecule has 0 atom stereocenters. The van der Waals surface area contributed by atoms with Gasteiger partial charge in [0.1, 0.15) is 0 Å². The van der Waals surface area contributed by atoms with Gasteiger partial charge in [-0.3, -0.25) is 9.59 Å². The highest BCUT2D eigenvalue weighted by Gasteiger charge is 2.63. The Morgan fingerprint density at radius 2 is 1.10 bits per heavy atom.